The lowest BCUT2D eigenvalue weighted by Crippen LogP contribution is -2.38. The lowest BCUT2D eigenvalue weighted by atomic mass is 10.2. The van der Waals surface area contributed by atoms with Crippen LogP contribution in [0.25, 0.3) is 0 Å². The molecule has 13 heteroatoms. The van der Waals surface area contributed by atoms with Gasteiger partial charge in [0.25, 0.3) is 5.91 Å². The highest BCUT2D eigenvalue weighted by Gasteiger charge is 2.57. The molecule has 1 saturated carbocycles. The average Bonchev–Trinajstić information content (AvgIpc) is 3.06. The number of cyclic esters (lactones) is 1. The number of benzene rings is 1. The molecule has 35 heavy (non-hydrogen) atoms. The summed E-state index contributed by atoms with van der Waals surface area (Å²) in [6.07, 6.45) is -5.60. The van der Waals surface area contributed by atoms with Gasteiger partial charge in [-0.2, -0.15) is 8.78 Å². The van der Waals surface area contributed by atoms with Gasteiger partial charge in [-0.25, -0.2) is 18.4 Å². The molecule has 4 atom stereocenters. The van der Waals surface area contributed by atoms with Gasteiger partial charge in [-0.05, 0) is 20.8 Å². The van der Waals surface area contributed by atoms with E-state index < -0.39 is 47.9 Å². The van der Waals surface area contributed by atoms with E-state index in [1.807, 2.05) is 5.32 Å². The average molecular weight is 502 g/mol. The Hall–Kier alpha value is -3.25. The van der Waals surface area contributed by atoms with Crippen LogP contribution < -0.4 is 20.4 Å². The molecule has 2 N–H and O–H groups in total. The highest BCUT2D eigenvalue weighted by molar-refractivity contribution is 5.90. The van der Waals surface area contributed by atoms with Crippen molar-refractivity contribution in [1.29, 1.82) is 0 Å². The van der Waals surface area contributed by atoms with Crippen molar-refractivity contribution in [3.05, 3.63) is 23.8 Å². The number of piperidine rings is 1. The second-order valence-electron chi connectivity index (χ2n) is 9.82. The summed E-state index contributed by atoms with van der Waals surface area (Å²) in [5.74, 6) is -3.17. The van der Waals surface area contributed by atoms with E-state index in [9.17, 15) is 31.9 Å². The summed E-state index contributed by atoms with van der Waals surface area (Å²) < 4.78 is 64.7. The summed E-state index contributed by atoms with van der Waals surface area (Å²) in [4.78, 5) is 37.6. The summed E-state index contributed by atoms with van der Waals surface area (Å²) >= 11 is 0. The van der Waals surface area contributed by atoms with Crippen LogP contribution in [0.1, 0.15) is 20.8 Å². The maximum atomic E-state index is 14.9. The second kappa shape index (κ2) is 9.08. The van der Waals surface area contributed by atoms with Gasteiger partial charge in [0, 0.05) is 43.1 Å². The molecule has 2 heterocycles. The van der Waals surface area contributed by atoms with Crippen molar-refractivity contribution >= 4 is 29.5 Å². The van der Waals surface area contributed by atoms with Crippen molar-refractivity contribution < 1.29 is 41.4 Å². The molecule has 2 saturated heterocycles. The van der Waals surface area contributed by atoms with E-state index in [2.05, 4.69) is 5.32 Å². The first-order valence-electron chi connectivity index (χ1n) is 11.1. The molecule has 3 fully saturated rings. The SMILES string of the molecule is CC(C)(C)OC(=O)NC1[C@H]2CN(c3c(F)cc(N4C[C@H](CNC(=O)C(F)F)OC4=O)cc3F)C[C@@H]12. The van der Waals surface area contributed by atoms with E-state index in [1.165, 1.54) is 0 Å². The fourth-order valence-corrected chi connectivity index (χ4v) is 4.51. The van der Waals surface area contributed by atoms with Crippen LogP contribution >= 0.6 is 0 Å². The van der Waals surface area contributed by atoms with Gasteiger partial charge in [0.1, 0.15) is 17.4 Å². The van der Waals surface area contributed by atoms with E-state index in [0.717, 1.165) is 17.0 Å². The van der Waals surface area contributed by atoms with Crippen LogP contribution in [0.15, 0.2) is 12.1 Å². The number of rotatable bonds is 6. The van der Waals surface area contributed by atoms with Crippen LogP contribution in [-0.2, 0) is 14.3 Å². The largest absolute Gasteiger partial charge is 0.444 e. The van der Waals surface area contributed by atoms with Crippen molar-refractivity contribution in [2.75, 3.05) is 36.0 Å². The van der Waals surface area contributed by atoms with Gasteiger partial charge in [0.05, 0.1) is 18.8 Å². The fourth-order valence-electron chi connectivity index (χ4n) is 4.51. The molecular weight excluding hydrogens is 476 g/mol. The van der Waals surface area contributed by atoms with E-state index in [-0.39, 0.29) is 42.3 Å². The van der Waals surface area contributed by atoms with Crippen LogP contribution in [0.5, 0.6) is 0 Å². The Morgan fingerprint density at radius 3 is 2.29 bits per heavy atom. The van der Waals surface area contributed by atoms with E-state index in [0.29, 0.717) is 13.1 Å². The molecule has 0 aromatic heterocycles. The summed E-state index contributed by atoms with van der Waals surface area (Å²) in [6.45, 7) is 5.42. The number of carbonyl (C=O) groups excluding carboxylic acids is 3. The summed E-state index contributed by atoms with van der Waals surface area (Å²) in [5, 5.41) is 4.73. The number of hydrogen-bond donors (Lipinski definition) is 2. The molecule has 192 valence electrons. The maximum absolute atomic E-state index is 14.9. The Morgan fingerprint density at radius 1 is 1.14 bits per heavy atom. The Kier molecular flexibility index (Phi) is 6.45. The molecular formula is C22H26F4N4O5. The van der Waals surface area contributed by atoms with Crippen LogP contribution in [0.2, 0.25) is 0 Å². The molecule has 0 spiro atoms. The minimum absolute atomic E-state index is 0.0405. The number of nitrogens with zero attached hydrogens (tertiary/aromatic N) is 2. The Bertz CT molecular complexity index is 999. The number of nitrogens with one attached hydrogen (secondary N) is 2. The Labute approximate surface area is 198 Å². The van der Waals surface area contributed by atoms with Crippen molar-refractivity contribution in [3.8, 4) is 0 Å². The van der Waals surface area contributed by atoms with Crippen molar-refractivity contribution in [2.24, 2.45) is 11.8 Å². The number of ether oxygens (including phenoxy) is 2. The molecule has 1 aromatic rings. The Balaban J connectivity index is 1.35. The molecule has 9 nitrogen and oxygen atoms in total. The third-order valence-corrected chi connectivity index (χ3v) is 6.08. The zero-order valence-electron chi connectivity index (χ0n) is 19.3. The standard InChI is InChI=1S/C22H26F4N4O5/c1-22(2,3)35-20(32)28-16-12-8-29(9-13(12)16)17-14(23)4-10(5-15(17)24)30-7-11(34-21(30)33)6-27-19(31)18(25)26/h4-5,11-13,16,18H,6-9H2,1-3H3,(H,27,31)(H,28,32)/t11-,12-,13+,16?/m0/s1. The second-order valence-corrected chi connectivity index (χ2v) is 9.82. The number of amides is 3. The quantitative estimate of drug-likeness (QED) is 0.581. The molecule has 2 aliphatic heterocycles. The van der Waals surface area contributed by atoms with Gasteiger partial charge < -0.3 is 25.0 Å². The number of halogens is 4. The van der Waals surface area contributed by atoms with E-state index >= 15 is 0 Å². The Morgan fingerprint density at radius 2 is 1.74 bits per heavy atom. The number of anilines is 2. The molecule has 3 amide bonds. The van der Waals surface area contributed by atoms with Gasteiger partial charge in [-0.15, -0.1) is 0 Å². The number of fused-ring (bicyclic) bond motifs is 1. The number of carbonyl (C=O) groups is 3. The molecule has 0 radical (unpaired) electrons. The smallest absolute Gasteiger partial charge is 0.414 e. The van der Waals surface area contributed by atoms with Crippen LogP contribution in [0.4, 0.5) is 38.5 Å². The lowest BCUT2D eigenvalue weighted by molar-refractivity contribution is -0.132. The first kappa shape index (κ1) is 24.9. The van der Waals surface area contributed by atoms with Gasteiger partial charge in [0.15, 0.2) is 11.6 Å². The minimum atomic E-state index is -3.21. The predicted molar refractivity (Wildman–Crippen MR) is 115 cm³/mol. The highest BCUT2D eigenvalue weighted by Crippen LogP contribution is 2.48. The van der Waals surface area contributed by atoms with Crippen LogP contribution in [-0.4, -0.2) is 68.4 Å². The lowest BCUT2D eigenvalue weighted by Gasteiger charge is -2.25. The highest BCUT2D eigenvalue weighted by atomic mass is 19.3. The monoisotopic (exact) mass is 502 g/mol. The first-order chi connectivity index (χ1) is 16.3. The normalized spacial score (nSPS) is 25.4. The number of alkyl halides is 2. The number of alkyl carbamates (subject to hydrolysis) is 1. The van der Waals surface area contributed by atoms with Crippen LogP contribution in [0, 0.1) is 23.5 Å². The third-order valence-electron chi connectivity index (χ3n) is 6.08. The molecule has 0 bridgehead atoms. The van der Waals surface area contributed by atoms with E-state index in [4.69, 9.17) is 9.47 Å². The topological polar surface area (TPSA) is 100 Å². The van der Waals surface area contributed by atoms with Gasteiger partial charge >= 0.3 is 18.6 Å². The first-order valence-corrected chi connectivity index (χ1v) is 11.1. The molecule has 4 rings (SSSR count). The van der Waals surface area contributed by atoms with Gasteiger partial charge in [-0.1, -0.05) is 0 Å². The summed E-state index contributed by atoms with van der Waals surface area (Å²) in [6, 6.07) is 1.88. The zero-order valence-corrected chi connectivity index (χ0v) is 19.3. The van der Waals surface area contributed by atoms with Crippen molar-refractivity contribution in [2.45, 2.75) is 44.9 Å². The fraction of sp³-hybridized carbons (Fsp3) is 0.591. The van der Waals surface area contributed by atoms with Gasteiger partial charge in [-0.3, -0.25) is 9.69 Å². The summed E-state index contributed by atoms with van der Waals surface area (Å²) in [7, 11) is 0. The number of hydrogen-bond acceptors (Lipinski definition) is 6. The molecule has 1 unspecified atom stereocenters. The third kappa shape index (κ3) is 5.38. The molecule has 3 aliphatic rings. The predicted octanol–water partition coefficient (Wildman–Crippen LogP) is 2.63. The van der Waals surface area contributed by atoms with E-state index in [1.54, 1.807) is 25.7 Å². The van der Waals surface area contributed by atoms with Crippen LogP contribution in [0.3, 0.4) is 0 Å². The maximum Gasteiger partial charge on any atom is 0.414 e. The summed E-state index contributed by atoms with van der Waals surface area (Å²) in [5.41, 5.74) is -0.953. The molecule has 1 aliphatic carbocycles. The van der Waals surface area contributed by atoms with Crippen molar-refractivity contribution in [1.82, 2.24) is 10.6 Å². The molecule has 1 aromatic carbocycles. The van der Waals surface area contributed by atoms with Crippen molar-refractivity contribution in [3.63, 3.8) is 0 Å². The van der Waals surface area contributed by atoms with Gasteiger partial charge in [0.2, 0.25) is 0 Å². The zero-order chi connectivity index (χ0) is 25.7. The minimum Gasteiger partial charge on any atom is -0.444 e.